The third kappa shape index (κ3) is 5.70. The number of pyridine rings is 1. The van der Waals surface area contributed by atoms with Crippen LogP contribution in [0.4, 0.5) is 0 Å². The lowest BCUT2D eigenvalue weighted by Gasteiger charge is -2.36. The largest absolute Gasteiger partial charge is 0.508 e. The molecule has 5 nitrogen and oxygen atoms in total. The number of hydrogen-bond acceptors (Lipinski definition) is 4. The van der Waals surface area contributed by atoms with Gasteiger partial charge in [-0.25, -0.2) is 0 Å². The minimum Gasteiger partial charge on any atom is -0.508 e. The second-order valence-corrected chi connectivity index (χ2v) is 10.0. The summed E-state index contributed by atoms with van der Waals surface area (Å²) in [6, 6.07) is 6.61. The molecule has 1 saturated heterocycles. The first-order valence-electron chi connectivity index (χ1n) is 12.2. The molecule has 1 fully saturated rings. The molecular weight excluding hydrogens is 414 g/mol. The van der Waals surface area contributed by atoms with E-state index in [9.17, 15) is 15.0 Å². The Hall–Kier alpha value is -2.53. The first-order chi connectivity index (χ1) is 15.6. The predicted molar refractivity (Wildman–Crippen MR) is 133 cm³/mol. The molecule has 1 aliphatic heterocycles. The zero-order chi connectivity index (χ0) is 24.3. The van der Waals surface area contributed by atoms with Gasteiger partial charge in [-0.1, -0.05) is 52.3 Å². The quantitative estimate of drug-likeness (QED) is 0.480. The summed E-state index contributed by atoms with van der Waals surface area (Å²) < 4.78 is 8.03. The van der Waals surface area contributed by atoms with E-state index in [0.717, 1.165) is 18.4 Å². The number of rotatable bonds is 7. The lowest BCUT2D eigenvalue weighted by Crippen LogP contribution is -2.34. The molecule has 2 aromatic rings. The number of allylic oxidation sites excluding steroid dienone is 1. The predicted octanol–water partition coefficient (Wildman–Crippen LogP) is 6.34. The lowest BCUT2D eigenvalue weighted by molar-refractivity contribution is -0.0631. The summed E-state index contributed by atoms with van der Waals surface area (Å²) in [7, 11) is 1.69. The summed E-state index contributed by atoms with van der Waals surface area (Å²) in [5.74, 6) is 1.62. The van der Waals surface area contributed by atoms with Gasteiger partial charge in [-0.15, -0.1) is 0 Å². The zero-order valence-electron chi connectivity index (χ0n) is 20.8. The summed E-state index contributed by atoms with van der Waals surface area (Å²) in [6.07, 6.45) is 7.35. The van der Waals surface area contributed by atoms with Gasteiger partial charge in [0.25, 0.3) is 5.56 Å². The number of aromatic hydroxyl groups is 2. The van der Waals surface area contributed by atoms with Crippen molar-refractivity contribution in [1.29, 1.82) is 0 Å². The molecule has 3 rings (SSSR count). The molecule has 0 saturated carbocycles. The van der Waals surface area contributed by atoms with E-state index in [4.69, 9.17) is 4.74 Å². The Morgan fingerprint density at radius 3 is 2.52 bits per heavy atom. The van der Waals surface area contributed by atoms with Crippen LogP contribution in [-0.4, -0.2) is 20.9 Å². The average molecular weight is 454 g/mol. The molecule has 5 heteroatoms. The van der Waals surface area contributed by atoms with Crippen LogP contribution in [0.1, 0.15) is 72.0 Å². The molecule has 1 aromatic heterocycles. The van der Waals surface area contributed by atoms with Crippen LogP contribution in [0, 0.1) is 17.8 Å². The van der Waals surface area contributed by atoms with Gasteiger partial charge in [0.1, 0.15) is 11.5 Å². The highest BCUT2D eigenvalue weighted by molar-refractivity contribution is 5.71. The number of nitrogens with zero attached hydrogens (tertiary/aromatic N) is 1. The van der Waals surface area contributed by atoms with E-state index in [1.54, 1.807) is 37.5 Å². The van der Waals surface area contributed by atoms with Gasteiger partial charge in [0.15, 0.2) is 0 Å². The molecule has 0 bridgehead atoms. The number of phenolic OH excluding ortho intramolecular Hbond substituents is 1. The Morgan fingerprint density at radius 2 is 1.88 bits per heavy atom. The second-order valence-electron chi connectivity index (χ2n) is 10.0. The van der Waals surface area contributed by atoms with Gasteiger partial charge in [0.05, 0.1) is 17.8 Å². The molecule has 0 unspecified atom stereocenters. The lowest BCUT2D eigenvalue weighted by atomic mass is 9.85. The average Bonchev–Trinajstić information content (AvgIpc) is 2.77. The molecular formula is C28H39NO4. The highest BCUT2D eigenvalue weighted by atomic mass is 16.5. The molecule has 0 radical (unpaired) electrons. The molecule has 5 atom stereocenters. The smallest absolute Gasteiger partial charge is 0.259 e. The number of hydrogen-bond donors (Lipinski definition) is 2. The minimum atomic E-state index is -0.463. The van der Waals surface area contributed by atoms with Crippen LogP contribution in [-0.2, 0) is 11.8 Å². The van der Waals surface area contributed by atoms with Crippen molar-refractivity contribution in [2.75, 3.05) is 0 Å². The summed E-state index contributed by atoms with van der Waals surface area (Å²) in [6.45, 7) is 11.1. The Morgan fingerprint density at radius 1 is 1.21 bits per heavy atom. The molecule has 33 heavy (non-hydrogen) atoms. The second kappa shape index (κ2) is 10.6. The molecule has 0 amide bonds. The number of ether oxygens (including phenoxy) is 1. The van der Waals surface area contributed by atoms with Crippen LogP contribution >= 0.6 is 0 Å². The number of aryl methyl sites for hydroxylation is 1. The molecule has 180 valence electrons. The standard InChI is InChI=1S/C28H39NO4/c1-7-17(2)14-18(3)15-20(5)27-19(4)8-13-24(33-27)25-26(31)23(16-29(6)28(25)32)21-9-11-22(30)12-10-21/h9-12,15-19,24,27,30-31H,7-8,13-14H2,1-6H3/b20-15+/t17-,18-,19-,24+,27+/m0/s1. The Labute approximate surface area is 197 Å². The fourth-order valence-electron chi connectivity index (χ4n) is 5.02. The number of aromatic nitrogens is 1. The highest BCUT2D eigenvalue weighted by Gasteiger charge is 2.34. The molecule has 1 aromatic carbocycles. The third-order valence-electron chi connectivity index (χ3n) is 7.06. The maximum atomic E-state index is 13.1. The minimum absolute atomic E-state index is 0.0335. The molecule has 2 N–H and O–H groups in total. The van der Waals surface area contributed by atoms with E-state index in [2.05, 4.69) is 40.7 Å². The van der Waals surface area contributed by atoms with Gasteiger partial charge >= 0.3 is 0 Å². The summed E-state index contributed by atoms with van der Waals surface area (Å²) in [5.41, 5.74) is 2.58. The van der Waals surface area contributed by atoms with Gasteiger partial charge in [-0.3, -0.25) is 4.79 Å². The van der Waals surface area contributed by atoms with Gasteiger partial charge < -0.3 is 19.5 Å². The van der Waals surface area contributed by atoms with Crippen molar-refractivity contribution in [3.8, 4) is 22.6 Å². The fraction of sp³-hybridized carbons (Fsp3) is 0.536. The maximum Gasteiger partial charge on any atom is 0.259 e. The van der Waals surface area contributed by atoms with Crippen LogP contribution < -0.4 is 5.56 Å². The Balaban J connectivity index is 1.93. The van der Waals surface area contributed by atoms with Crippen molar-refractivity contribution in [3.05, 3.63) is 58.0 Å². The molecule has 0 spiro atoms. The van der Waals surface area contributed by atoms with Crippen LogP contribution in [0.25, 0.3) is 11.1 Å². The van der Waals surface area contributed by atoms with Gasteiger partial charge in [-0.05, 0) is 67.2 Å². The van der Waals surface area contributed by atoms with Crippen molar-refractivity contribution in [2.24, 2.45) is 24.8 Å². The first-order valence-corrected chi connectivity index (χ1v) is 12.2. The van der Waals surface area contributed by atoms with Gasteiger partial charge in [-0.2, -0.15) is 0 Å². The maximum absolute atomic E-state index is 13.1. The number of phenols is 1. The monoisotopic (exact) mass is 453 g/mol. The van der Waals surface area contributed by atoms with E-state index >= 15 is 0 Å². The summed E-state index contributed by atoms with van der Waals surface area (Å²) in [4.78, 5) is 13.1. The van der Waals surface area contributed by atoms with E-state index in [1.807, 2.05) is 0 Å². The van der Waals surface area contributed by atoms with Crippen molar-refractivity contribution in [1.82, 2.24) is 4.57 Å². The fourth-order valence-corrected chi connectivity index (χ4v) is 5.02. The van der Waals surface area contributed by atoms with Crippen LogP contribution in [0.15, 0.2) is 46.9 Å². The van der Waals surface area contributed by atoms with E-state index < -0.39 is 6.10 Å². The van der Waals surface area contributed by atoms with Crippen molar-refractivity contribution in [2.45, 2.75) is 72.5 Å². The van der Waals surface area contributed by atoms with E-state index in [1.165, 1.54) is 16.6 Å². The zero-order valence-corrected chi connectivity index (χ0v) is 20.8. The highest BCUT2D eigenvalue weighted by Crippen LogP contribution is 2.42. The topological polar surface area (TPSA) is 71.7 Å². The van der Waals surface area contributed by atoms with Gasteiger partial charge in [0.2, 0.25) is 0 Å². The molecule has 0 aliphatic carbocycles. The van der Waals surface area contributed by atoms with E-state index in [0.29, 0.717) is 35.3 Å². The van der Waals surface area contributed by atoms with Crippen molar-refractivity contribution in [3.63, 3.8) is 0 Å². The van der Waals surface area contributed by atoms with E-state index in [-0.39, 0.29) is 23.2 Å². The van der Waals surface area contributed by atoms with Crippen LogP contribution in [0.2, 0.25) is 0 Å². The van der Waals surface area contributed by atoms with Crippen LogP contribution in [0.5, 0.6) is 11.5 Å². The summed E-state index contributed by atoms with van der Waals surface area (Å²) >= 11 is 0. The number of benzene rings is 1. The normalized spacial score (nSPS) is 23.3. The van der Waals surface area contributed by atoms with Crippen molar-refractivity contribution < 1.29 is 14.9 Å². The van der Waals surface area contributed by atoms with Crippen molar-refractivity contribution >= 4 is 0 Å². The Kier molecular flexibility index (Phi) is 8.06. The van der Waals surface area contributed by atoms with Crippen LogP contribution in [0.3, 0.4) is 0 Å². The van der Waals surface area contributed by atoms with Gasteiger partial charge in [0, 0.05) is 18.8 Å². The molecule has 2 heterocycles. The molecule has 1 aliphatic rings. The third-order valence-corrected chi connectivity index (χ3v) is 7.06. The first kappa shape index (κ1) is 25.1. The summed E-state index contributed by atoms with van der Waals surface area (Å²) in [5, 5.41) is 20.8. The Bertz CT molecular complexity index is 1040. The SMILES string of the molecule is CC[C@H](C)C[C@H](C)/C=C(\C)[C@@H]1O[C@@H](c2c(O)c(-c3ccc(O)cc3)cn(C)c2=O)CC[C@@H]1C.